The van der Waals surface area contributed by atoms with Crippen molar-refractivity contribution in [2.45, 2.75) is 46.1 Å². The maximum Gasteiger partial charge on any atom is 0.305 e. The molecule has 82 valence electrons. The molecule has 4 nitrogen and oxygen atoms in total. The van der Waals surface area contributed by atoms with Crippen LogP contribution in [0.3, 0.4) is 0 Å². The molecule has 0 spiro atoms. The van der Waals surface area contributed by atoms with E-state index in [0.29, 0.717) is 0 Å². The number of rotatable bonds is 6. The lowest BCUT2D eigenvalue weighted by molar-refractivity contribution is -0.137. The monoisotopic (exact) mass is 201 g/mol. The normalized spacial score (nSPS) is 14.5. The molecule has 0 heterocycles. The molecule has 1 amide bonds. The number of carboxylic acid groups (broad SMARTS) is 1. The summed E-state index contributed by atoms with van der Waals surface area (Å²) in [5.74, 6) is -0.974. The standard InChI is InChI=1S/C10H19NO3/c1-4-5-7(2)10(14)11-8(3)6-9(12)13/h7-8H,4-6H2,1-3H3,(H,11,14)(H,12,13)/t7-,8+/m0/s1. The van der Waals surface area contributed by atoms with Gasteiger partial charge in [-0.2, -0.15) is 0 Å². The van der Waals surface area contributed by atoms with Crippen molar-refractivity contribution in [3.63, 3.8) is 0 Å². The summed E-state index contributed by atoms with van der Waals surface area (Å²) in [7, 11) is 0. The van der Waals surface area contributed by atoms with Gasteiger partial charge in [0, 0.05) is 12.0 Å². The fourth-order valence-electron chi connectivity index (χ4n) is 1.26. The maximum absolute atomic E-state index is 11.4. The van der Waals surface area contributed by atoms with Crippen LogP contribution < -0.4 is 5.32 Å². The van der Waals surface area contributed by atoms with Gasteiger partial charge in [-0.3, -0.25) is 9.59 Å². The van der Waals surface area contributed by atoms with Crippen LogP contribution in [0.1, 0.15) is 40.0 Å². The summed E-state index contributed by atoms with van der Waals surface area (Å²) in [5, 5.41) is 11.2. The van der Waals surface area contributed by atoms with E-state index in [2.05, 4.69) is 5.32 Å². The molecule has 2 atom stereocenters. The maximum atomic E-state index is 11.4. The van der Waals surface area contributed by atoms with Gasteiger partial charge in [-0.1, -0.05) is 20.3 Å². The molecule has 0 saturated carbocycles. The van der Waals surface area contributed by atoms with Gasteiger partial charge in [0.05, 0.1) is 6.42 Å². The molecule has 0 saturated heterocycles. The number of hydrogen-bond donors (Lipinski definition) is 2. The van der Waals surface area contributed by atoms with E-state index in [0.717, 1.165) is 12.8 Å². The Kier molecular flexibility index (Phi) is 5.92. The van der Waals surface area contributed by atoms with Crippen molar-refractivity contribution in [3.05, 3.63) is 0 Å². The van der Waals surface area contributed by atoms with Gasteiger partial charge in [-0.25, -0.2) is 0 Å². The minimum atomic E-state index is -0.888. The molecule has 0 aromatic carbocycles. The van der Waals surface area contributed by atoms with Gasteiger partial charge in [0.15, 0.2) is 0 Å². The predicted octanol–water partition coefficient (Wildman–Crippen LogP) is 1.40. The van der Waals surface area contributed by atoms with Crippen molar-refractivity contribution in [1.29, 1.82) is 0 Å². The van der Waals surface area contributed by atoms with Crippen LogP contribution in [-0.4, -0.2) is 23.0 Å². The molecule has 0 radical (unpaired) electrons. The molecule has 2 N–H and O–H groups in total. The fraction of sp³-hybridized carbons (Fsp3) is 0.800. The molecule has 0 fully saturated rings. The van der Waals surface area contributed by atoms with Gasteiger partial charge in [0.25, 0.3) is 0 Å². The molecule has 0 aliphatic carbocycles. The molecule has 0 rings (SSSR count). The van der Waals surface area contributed by atoms with E-state index in [1.54, 1.807) is 6.92 Å². The van der Waals surface area contributed by atoms with E-state index in [-0.39, 0.29) is 24.3 Å². The van der Waals surface area contributed by atoms with Crippen molar-refractivity contribution < 1.29 is 14.7 Å². The molecular weight excluding hydrogens is 182 g/mol. The largest absolute Gasteiger partial charge is 0.481 e. The summed E-state index contributed by atoms with van der Waals surface area (Å²) in [6, 6.07) is -0.292. The smallest absolute Gasteiger partial charge is 0.305 e. The molecule has 0 aromatic heterocycles. The number of carbonyl (C=O) groups excluding carboxylic acids is 1. The Bertz CT molecular complexity index is 204. The third kappa shape index (κ3) is 5.56. The fourth-order valence-corrected chi connectivity index (χ4v) is 1.26. The van der Waals surface area contributed by atoms with Crippen molar-refractivity contribution in [2.75, 3.05) is 0 Å². The van der Waals surface area contributed by atoms with E-state index in [1.807, 2.05) is 13.8 Å². The summed E-state index contributed by atoms with van der Waals surface area (Å²) < 4.78 is 0. The number of amides is 1. The lowest BCUT2D eigenvalue weighted by atomic mass is 10.0. The van der Waals surface area contributed by atoms with Crippen LogP contribution in [-0.2, 0) is 9.59 Å². The average molecular weight is 201 g/mol. The van der Waals surface area contributed by atoms with E-state index in [4.69, 9.17) is 5.11 Å². The van der Waals surface area contributed by atoms with E-state index in [1.165, 1.54) is 0 Å². The summed E-state index contributed by atoms with van der Waals surface area (Å²) in [4.78, 5) is 21.8. The Balaban J connectivity index is 3.86. The molecule has 0 aliphatic heterocycles. The van der Waals surface area contributed by atoms with Gasteiger partial charge in [0.1, 0.15) is 0 Å². The van der Waals surface area contributed by atoms with Crippen LogP contribution in [0.4, 0.5) is 0 Å². The Labute approximate surface area is 84.7 Å². The Morgan fingerprint density at radius 1 is 1.36 bits per heavy atom. The zero-order valence-electron chi connectivity index (χ0n) is 9.04. The summed E-state index contributed by atoms with van der Waals surface area (Å²) in [6.07, 6.45) is 1.78. The lowest BCUT2D eigenvalue weighted by Crippen LogP contribution is -2.37. The first-order chi connectivity index (χ1) is 6.47. The average Bonchev–Trinajstić information content (AvgIpc) is 2.02. The van der Waals surface area contributed by atoms with Crippen LogP contribution in [0.25, 0.3) is 0 Å². The molecule has 0 bridgehead atoms. The van der Waals surface area contributed by atoms with Crippen molar-refractivity contribution >= 4 is 11.9 Å². The highest BCUT2D eigenvalue weighted by Crippen LogP contribution is 2.05. The van der Waals surface area contributed by atoms with Gasteiger partial charge < -0.3 is 10.4 Å². The van der Waals surface area contributed by atoms with E-state index in [9.17, 15) is 9.59 Å². The van der Waals surface area contributed by atoms with Crippen LogP contribution in [0.15, 0.2) is 0 Å². The van der Waals surface area contributed by atoms with E-state index < -0.39 is 5.97 Å². The van der Waals surface area contributed by atoms with Crippen LogP contribution in [0.5, 0.6) is 0 Å². The topological polar surface area (TPSA) is 66.4 Å². The van der Waals surface area contributed by atoms with Gasteiger partial charge in [-0.05, 0) is 13.3 Å². The molecular formula is C10H19NO3. The van der Waals surface area contributed by atoms with Gasteiger partial charge >= 0.3 is 5.97 Å². The van der Waals surface area contributed by atoms with Crippen LogP contribution in [0, 0.1) is 5.92 Å². The molecule has 0 aliphatic rings. The molecule has 4 heteroatoms. The van der Waals surface area contributed by atoms with E-state index >= 15 is 0 Å². The van der Waals surface area contributed by atoms with Gasteiger partial charge in [-0.15, -0.1) is 0 Å². The van der Waals surface area contributed by atoms with Crippen LogP contribution >= 0.6 is 0 Å². The highest BCUT2D eigenvalue weighted by molar-refractivity contribution is 5.79. The third-order valence-electron chi connectivity index (χ3n) is 2.04. The zero-order chi connectivity index (χ0) is 11.1. The number of aliphatic carboxylic acids is 1. The van der Waals surface area contributed by atoms with Crippen molar-refractivity contribution in [3.8, 4) is 0 Å². The summed E-state index contributed by atoms with van der Waals surface area (Å²) >= 11 is 0. The second-order valence-electron chi connectivity index (χ2n) is 3.70. The first-order valence-corrected chi connectivity index (χ1v) is 4.99. The second kappa shape index (κ2) is 6.40. The van der Waals surface area contributed by atoms with Crippen LogP contribution in [0.2, 0.25) is 0 Å². The summed E-state index contributed by atoms with van der Waals surface area (Å²) in [5.41, 5.74) is 0. The lowest BCUT2D eigenvalue weighted by Gasteiger charge is -2.15. The number of nitrogens with one attached hydrogen (secondary N) is 1. The van der Waals surface area contributed by atoms with Crippen molar-refractivity contribution in [1.82, 2.24) is 5.32 Å². The highest BCUT2D eigenvalue weighted by Gasteiger charge is 2.15. The first kappa shape index (κ1) is 12.9. The molecule has 0 unspecified atom stereocenters. The number of hydrogen-bond acceptors (Lipinski definition) is 2. The van der Waals surface area contributed by atoms with Crippen molar-refractivity contribution in [2.24, 2.45) is 5.92 Å². The predicted molar refractivity (Wildman–Crippen MR) is 53.9 cm³/mol. The third-order valence-corrected chi connectivity index (χ3v) is 2.04. The summed E-state index contributed by atoms with van der Waals surface area (Å²) in [6.45, 7) is 5.57. The zero-order valence-corrected chi connectivity index (χ0v) is 9.04. The number of carboxylic acids is 1. The van der Waals surface area contributed by atoms with Gasteiger partial charge in [0.2, 0.25) is 5.91 Å². The molecule has 0 aromatic rings. The quantitative estimate of drug-likeness (QED) is 0.682. The minimum absolute atomic E-state index is 0.0232. The second-order valence-corrected chi connectivity index (χ2v) is 3.70. The first-order valence-electron chi connectivity index (χ1n) is 4.99. The molecule has 14 heavy (non-hydrogen) atoms. The minimum Gasteiger partial charge on any atom is -0.481 e. The Morgan fingerprint density at radius 3 is 2.36 bits per heavy atom. The Hall–Kier alpha value is -1.06. The SMILES string of the molecule is CCC[C@H](C)C(=O)N[C@H](C)CC(=O)O. The number of carbonyl (C=O) groups is 2. The Morgan fingerprint density at radius 2 is 1.93 bits per heavy atom. The highest BCUT2D eigenvalue weighted by atomic mass is 16.4.